The van der Waals surface area contributed by atoms with Gasteiger partial charge in [0, 0.05) is 18.0 Å². The summed E-state index contributed by atoms with van der Waals surface area (Å²) in [5.74, 6) is 0. The number of hydrogen-bond acceptors (Lipinski definition) is 4. The van der Waals surface area contributed by atoms with Gasteiger partial charge < -0.3 is 5.32 Å². The minimum absolute atomic E-state index is 0.243. The lowest BCUT2D eigenvalue weighted by molar-refractivity contribution is 0.529. The van der Waals surface area contributed by atoms with E-state index in [1.807, 2.05) is 13.1 Å². The molecule has 0 aliphatic heterocycles. The van der Waals surface area contributed by atoms with Crippen LogP contribution in [0.1, 0.15) is 40.5 Å². The molecule has 0 spiro atoms. The van der Waals surface area contributed by atoms with Gasteiger partial charge >= 0.3 is 0 Å². The minimum Gasteiger partial charge on any atom is -0.309 e. The van der Waals surface area contributed by atoms with Crippen LogP contribution in [-0.2, 0) is 6.42 Å². The molecule has 2 aromatic rings. The van der Waals surface area contributed by atoms with Crippen molar-refractivity contribution < 1.29 is 0 Å². The Morgan fingerprint density at radius 1 is 1.32 bits per heavy atom. The van der Waals surface area contributed by atoms with E-state index >= 15 is 0 Å². The van der Waals surface area contributed by atoms with Crippen molar-refractivity contribution in [3.8, 4) is 0 Å². The standard InChI is InChI=1S/C15H21N3S/c1-5-16-14(7-13-9-19-12(4)18-13)15-11(3)6-10(2)8-17-15/h6,8-9,14,16H,5,7H2,1-4H3. The van der Waals surface area contributed by atoms with E-state index in [1.54, 1.807) is 11.3 Å². The lowest BCUT2D eigenvalue weighted by atomic mass is 10.0. The summed E-state index contributed by atoms with van der Waals surface area (Å²) in [5, 5.41) is 6.79. The second-order valence-corrected chi connectivity index (χ2v) is 5.95. The van der Waals surface area contributed by atoms with Crippen LogP contribution in [0.15, 0.2) is 17.6 Å². The molecule has 0 aliphatic rings. The summed E-state index contributed by atoms with van der Waals surface area (Å²) in [7, 11) is 0. The Morgan fingerprint density at radius 2 is 2.11 bits per heavy atom. The van der Waals surface area contributed by atoms with Gasteiger partial charge in [-0.15, -0.1) is 11.3 Å². The molecule has 0 bridgehead atoms. The molecule has 0 amide bonds. The Bertz CT molecular complexity index is 548. The number of aromatic nitrogens is 2. The molecule has 0 aromatic carbocycles. The van der Waals surface area contributed by atoms with Crippen molar-refractivity contribution in [1.29, 1.82) is 0 Å². The molecule has 0 aliphatic carbocycles. The summed E-state index contributed by atoms with van der Waals surface area (Å²) in [4.78, 5) is 9.17. The summed E-state index contributed by atoms with van der Waals surface area (Å²) in [6, 6.07) is 2.44. The monoisotopic (exact) mass is 275 g/mol. The van der Waals surface area contributed by atoms with Crippen molar-refractivity contribution in [1.82, 2.24) is 15.3 Å². The van der Waals surface area contributed by atoms with Gasteiger partial charge in [-0.1, -0.05) is 13.0 Å². The number of rotatable bonds is 5. The molecule has 0 radical (unpaired) electrons. The van der Waals surface area contributed by atoms with Gasteiger partial charge in [0.05, 0.1) is 22.4 Å². The zero-order chi connectivity index (χ0) is 13.8. The molecule has 1 unspecified atom stereocenters. The largest absolute Gasteiger partial charge is 0.309 e. The molecule has 0 saturated heterocycles. The normalized spacial score (nSPS) is 12.6. The Morgan fingerprint density at radius 3 is 2.68 bits per heavy atom. The third-order valence-corrected chi connectivity index (χ3v) is 3.94. The average Bonchev–Trinajstić information content (AvgIpc) is 2.74. The number of nitrogens with zero attached hydrogens (tertiary/aromatic N) is 2. The van der Waals surface area contributed by atoms with Crippen LogP contribution >= 0.6 is 11.3 Å². The van der Waals surface area contributed by atoms with Gasteiger partial charge in [0.2, 0.25) is 0 Å². The highest BCUT2D eigenvalue weighted by Gasteiger charge is 2.16. The van der Waals surface area contributed by atoms with Gasteiger partial charge in [-0.25, -0.2) is 4.98 Å². The fourth-order valence-corrected chi connectivity index (χ4v) is 2.94. The number of likely N-dealkylation sites (N-methyl/N-ethyl adjacent to an activating group) is 1. The molecule has 0 saturated carbocycles. The molecule has 1 atom stereocenters. The quantitative estimate of drug-likeness (QED) is 0.909. The lowest BCUT2D eigenvalue weighted by Crippen LogP contribution is -2.25. The maximum absolute atomic E-state index is 4.61. The predicted molar refractivity (Wildman–Crippen MR) is 80.7 cm³/mol. The maximum atomic E-state index is 4.61. The molecule has 2 aromatic heterocycles. The Kier molecular flexibility index (Phi) is 4.66. The lowest BCUT2D eigenvalue weighted by Gasteiger charge is -2.18. The number of nitrogens with one attached hydrogen (secondary N) is 1. The summed E-state index contributed by atoms with van der Waals surface area (Å²) >= 11 is 1.71. The van der Waals surface area contributed by atoms with Gasteiger partial charge in [-0.3, -0.25) is 4.98 Å². The van der Waals surface area contributed by atoms with Gasteiger partial charge in [0.15, 0.2) is 0 Å². The first-order chi connectivity index (χ1) is 9.10. The van der Waals surface area contributed by atoms with Crippen molar-refractivity contribution >= 4 is 11.3 Å². The van der Waals surface area contributed by atoms with E-state index in [0.717, 1.165) is 29.4 Å². The number of pyridine rings is 1. The van der Waals surface area contributed by atoms with Crippen LogP contribution in [0.2, 0.25) is 0 Å². The second-order valence-electron chi connectivity index (χ2n) is 4.89. The summed E-state index contributed by atoms with van der Waals surface area (Å²) in [6.45, 7) is 9.32. The van der Waals surface area contributed by atoms with Crippen LogP contribution in [0.25, 0.3) is 0 Å². The van der Waals surface area contributed by atoms with Crippen LogP contribution in [0.3, 0.4) is 0 Å². The topological polar surface area (TPSA) is 37.8 Å². The molecule has 4 heteroatoms. The van der Waals surface area contributed by atoms with E-state index < -0.39 is 0 Å². The molecular weight excluding hydrogens is 254 g/mol. The summed E-state index contributed by atoms with van der Waals surface area (Å²) < 4.78 is 0. The zero-order valence-corrected chi connectivity index (χ0v) is 12.8. The second kappa shape index (κ2) is 6.26. The van der Waals surface area contributed by atoms with Crippen LogP contribution in [0.4, 0.5) is 0 Å². The van der Waals surface area contributed by atoms with Crippen LogP contribution in [-0.4, -0.2) is 16.5 Å². The SMILES string of the molecule is CCNC(Cc1csc(C)n1)c1ncc(C)cc1C. The number of hydrogen-bond donors (Lipinski definition) is 1. The van der Waals surface area contributed by atoms with E-state index in [0.29, 0.717) is 0 Å². The number of thiazole rings is 1. The van der Waals surface area contributed by atoms with Crippen molar-refractivity contribution in [2.24, 2.45) is 0 Å². The van der Waals surface area contributed by atoms with Crippen LogP contribution in [0.5, 0.6) is 0 Å². The Balaban J connectivity index is 2.23. The minimum atomic E-state index is 0.243. The molecule has 2 heterocycles. The number of aryl methyl sites for hydroxylation is 3. The Hall–Kier alpha value is -1.26. The fraction of sp³-hybridized carbons (Fsp3) is 0.467. The summed E-state index contributed by atoms with van der Waals surface area (Å²) in [5.41, 5.74) is 4.74. The smallest absolute Gasteiger partial charge is 0.0897 e. The molecule has 3 nitrogen and oxygen atoms in total. The van der Waals surface area contributed by atoms with Gasteiger partial charge in [0.25, 0.3) is 0 Å². The van der Waals surface area contributed by atoms with E-state index in [-0.39, 0.29) is 6.04 Å². The highest BCUT2D eigenvalue weighted by atomic mass is 32.1. The molecule has 1 N–H and O–H groups in total. The Labute approximate surface area is 119 Å². The fourth-order valence-electron chi connectivity index (χ4n) is 2.31. The van der Waals surface area contributed by atoms with E-state index in [4.69, 9.17) is 0 Å². The van der Waals surface area contributed by atoms with Crippen molar-refractivity contribution in [3.05, 3.63) is 45.2 Å². The molecule has 102 valence electrons. The third-order valence-electron chi connectivity index (χ3n) is 3.12. The van der Waals surface area contributed by atoms with Crippen molar-refractivity contribution in [2.75, 3.05) is 6.54 Å². The third kappa shape index (κ3) is 3.61. The molecular formula is C15H21N3S. The molecule has 0 fully saturated rings. The van der Waals surface area contributed by atoms with Gasteiger partial charge in [0.1, 0.15) is 0 Å². The first-order valence-corrected chi connectivity index (χ1v) is 7.55. The van der Waals surface area contributed by atoms with E-state index in [1.165, 1.54) is 11.1 Å². The summed E-state index contributed by atoms with van der Waals surface area (Å²) in [6.07, 6.45) is 2.84. The average molecular weight is 275 g/mol. The van der Waals surface area contributed by atoms with Gasteiger partial charge in [-0.05, 0) is 38.4 Å². The highest BCUT2D eigenvalue weighted by Crippen LogP contribution is 2.21. The predicted octanol–water partition coefficient (Wildman–Crippen LogP) is 3.36. The van der Waals surface area contributed by atoms with Crippen LogP contribution in [0, 0.1) is 20.8 Å². The highest BCUT2D eigenvalue weighted by molar-refractivity contribution is 7.09. The maximum Gasteiger partial charge on any atom is 0.0897 e. The van der Waals surface area contributed by atoms with Crippen molar-refractivity contribution in [2.45, 2.75) is 40.2 Å². The first-order valence-electron chi connectivity index (χ1n) is 6.67. The van der Waals surface area contributed by atoms with E-state index in [9.17, 15) is 0 Å². The van der Waals surface area contributed by atoms with Crippen molar-refractivity contribution in [3.63, 3.8) is 0 Å². The first kappa shape index (κ1) is 14.2. The van der Waals surface area contributed by atoms with Crippen LogP contribution < -0.4 is 5.32 Å². The zero-order valence-electron chi connectivity index (χ0n) is 12.0. The van der Waals surface area contributed by atoms with E-state index in [2.05, 4.69) is 47.5 Å². The molecule has 2 rings (SSSR count). The molecule has 19 heavy (non-hydrogen) atoms. The van der Waals surface area contributed by atoms with Gasteiger partial charge in [-0.2, -0.15) is 0 Å².